The molecule has 2 aliphatic rings. The maximum absolute atomic E-state index is 14.0. The first kappa shape index (κ1) is 24.7. The van der Waals surface area contributed by atoms with Crippen molar-refractivity contribution in [3.05, 3.63) is 100 Å². The molecule has 200 valence electrons. The number of aromatic hydroxyl groups is 6. The Hall–Kier alpha value is -5.64. The van der Waals surface area contributed by atoms with Crippen LogP contribution in [-0.2, 0) is 0 Å². The van der Waals surface area contributed by atoms with Crippen molar-refractivity contribution in [1.29, 1.82) is 0 Å². The van der Waals surface area contributed by atoms with Gasteiger partial charge in [0, 0.05) is 12.1 Å². The Morgan fingerprint density at radius 3 is 2.02 bits per heavy atom. The second-order valence-corrected chi connectivity index (χ2v) is 9.40. The third kappa shape index (κ3) is 3.99. The van der Waals surface area contributed by atoms with Crippen LogP contribution in [-0.4, -0.2) is 42.2 Å². The zero-order chi connectivity index (χ0) is 28.3. The van der Waals surface area contributed by atoms with Crippen LogP contribution in [0, 0.1) is 0 Å². The van der Waals surface area contributed by atoms with Crippen LogP contribution in [0.4, 0.5) is 0 Å². The van der Waals surface area contributed by atoms with E-state index in [0.29, 0.717) is 0 Å². The molecule has 0 bridgehead atoms. The van der Waals surface area contributed by atoms with Crippen LogP contribution in [0.3, 0.4) is 0 Å². The van der Waals surface area contributed by atoms with E-state index in [1.807, 2.05) is 0 Å². The summed E-state index contributed by atoms with van der Waals surface area (Å²) < 4.78 is 11.8. The molecule has 6 N–H and O–H groups in total. The molecule has 10 heteroatoms. The SMILES string of the molecule is O=C1C(=Cc2cc(O)c(O)cc2[C@H]2C(=O)c3ccc(O)cc3O[C@@H]2c2ccc(O)c(O)c2)Oc2cc(O)ccc21. The normalized spacial score (nSPS) is 18.6. The number of carbonyl (C=O) groups excluding carboxylic acids is 2. The number of phenolic OH excluding ortho intramolecular Hbond substituents is 6. The number of benzene rings is 4. The zero-order valence-electron chi connectivity index (χ0n) is 20.4. The summed E-state index contributed by atoms with van der Waals surface area (Å²) >= 11 is 0. The monoisotopic (exact) mass is 540 g/mol. The third-order valence-corrected chi connectivity index (χ3v) is 6.85. The number of fused-ring (bicyclic) bond motifs is 2. The molecule has 40 heavy (non-hydrogen) atoms. The Bertz CT molecular complexity index is 1770. The Morgan fingerprint density at radius 2 is 1.30 bits per heavy atom. The molecule has 4 aromatic carbocycles. The quantitative estimate of drug-likeness (QED) is 0.159. The van der Waals surface area contributed by atoms with Gasteiger partial charge >= 0.3 is 0 Å². The van der Waals surface area contributed by atoms with Gasteiger partial charge in [-0.3, -0.25) is 9.59 Å². The number of hydrogen-bond acceptors (Lipinski definition) is 10. The molecule has 6 rings (SSSR count). The largest absolute Gasteiger partial charge is 0.508 e. The van der Waals surface area contributed by atoms with Gasteiger partial charge in [-0.2, -0.15) is 0 Å². The van der Waals surface area contributed by atoms with Crippen LogP contribution < -0.4 is 9.47 Å². The molecule has 0 radical (unpaired) electrons. The molecule has 2 heterocycles. The summed E-state index contributed by atoms with van der Waals surface area (Å²) in [6.07, 6.45) is 0.169. The summed E-state index contributed by atoms with van der Waals surface area (Å²) in [7, 11) is 0. The molecule has 2 atom stereocenters. The minimum atomic E-state index is -1.19. The number of rotatable bonds is 3. The number of hydrogen-bond donors (Lipinski definition) is 6. The highest BCUT2D eigenvalue weighted by Gasteiger charge is 2.41. The zero-order valence-corrected chi connectivity index (χ0v) is 20.4. The number of ether oxygens (including phenoxy) is 2. The fourth-order valence-electron chi connectivity index (χ4n) is 4.92. The molecular formula is C30H20O10. The predicted octanol–water partition coefficient (Wildman–Crippen LogP) is 4.64. The molecule has 0 amide bonds. The lowest BCUT2D eigenvalue weighted by Crippen LogP contribution is -2.30. The van der Waals surface area contributed by atoms with Gasteiger partial charge in [0.15, 0.2) is 34.5 Å². The van der Waals surface area contributed by atoms with Crippen LogP contribution in [0.5, 0.6) is 46.0 Å². The number of carbonyl (C=O) groups is 2. The first-order chi connectivity index (χ1) is 19.1. The van der Waals surface area contributed by atoms with Crippen molar-refractivity contribution in [2.45, 2.75) is 12.0 Å². The van der Waals surface area contributed by atoms with Crippen LogP contribution in [0.25, 0.3) is 6.08 Å². The summed E-state index contributed by atoms with van der Waals surface area (Å²) in [4.78, 5) is 27.0. The second kappa shape index (κ2) is 8.98. The Morgan fingerprint density at radius 1 is 0.650 bits per heavy atom. The minimum Gasteiger partial charge on any atom is -0.508 e. The molecule has 0 spiro atoms. The maximum atomic E-state index is 14.0. The third-order valence-electron chi connectivity index (χ3n) is 6.85. The molecule has 0 unspecified atom stereocenters. The van der Waals surface area contributed by atoms with E-state index in [4.69, 9.17) is 9.47 Å². The summed E-state index contributed by atoms with van der Waals surface area (Å²) in [6.45, 7) is 0. The molecular weight excluding hydrogens is 520 g/mol. The van der Waals surface area contributed by atoms with Gasteiger partial charge in [0.2, 0.25) is 5.78 Å². The fraction of sp³-hybridized carbons (Fsp3) is 0.0667. The maximum Gasteiger partial charge on any atom is 0.231 e. The molecule has 2 aliphatic heterocycles. The van der Waals surface area contributed by atoms with Crippen molar-refractivity contribution < 1.29 is 49.7 Å². The highest BCUT2D eigenvalue weighted by Crippen LogP contribution is 2.48. The Kier molecular flexibility index (Phi) is 5.54. The Labute approximate surface area is 225 Å². The molecule has 0 aliphatic carbocycles. The van der Waals surface area contributed by atoms with E-state index < -0.39 is 46.6 Å². The van der Waals surface area contributed by atoms with Gasteiger partial charge in [0.1, 0.15) is 29.1 Å². The van der Waals surface area contributed by atoms with Gasteiger partial charge in [-0.1, -0.05) is 6.07 Å². The van der Waals surface area contributed by atoms with E-state index in [1.165, 1.54) is 72.8 Å². The first-order valence-corrected chi connectivity index (χ1v) is 12.0. The van der Waals surface area contributed by atoms with E-state index in [2.05, 4.69) is 0 Å². The van der Waals surface area contributed by atoms with Crippen LogP contribution in [0.2, 0.25) is 0 Å². The summed E-state index contributed by atoms with van der Waals surface area (Å²) in [5, 5.41) is 60.5. The molecule has 0 saturated heterocycles. The van der Waals surface area contributed by atoms with Crippen molar-refractivity contribution >= 4 is 17.6 Å². The average molecular weight is 540 g/mol. The van der Waals surface area contributed by atoms with Gasteiger partial charge in [-0.05, 0) is 71.3 Å². The van der Waals surface area contributed by atoms with Gasteiger partial charge in [0.05, 0.1) is 17.0 Å². The van der Waals surface area contributed by atoms with Gasteiger partial charge in [-0.25, -0.2) is 0 Å². The first-order valence-electron chi connectivity index (χ1n) is 12.0. The van der Waals surface area contributed by atoms with Gasteiger partial charge in [0.25, 0.3) is 0 Å². The van der Waals surface area contributed by atoms with Crippen molar-refractivity contribution in [1.82, 2.24) is 0 Å². The molecule has 0 aromatic heterocycles. The van der Waals surface area contributed by atoms with Crippen molar-refractivity contribution in [3.8, 4) is 46.0 Å². The number of ketones is 2. The van der Waals surface area contributed by atoms with Crippen LogP contribution in [0.15, 0.2) is 72.5 Å². The lowest BCUT2D eigenvalue weighted by Gasteiger charge is -2.34. The van der Waals surface area contributed by atoms with Gasteiger partial charge in [-0.15, -0.1) is 0 Å². The predicted molar refractivity (Wildman–Crippen MR) is 139 cm³/mol. The van der Waals surface area contributed by atoms with Crippen molar-refractivity contribution in [2.75, 3.05) is 0 Å². The van der Waals surface area contributed by atoms with E-state index in [-0.39, 0.29) is 56.6 Å². The Balaban J connectivity index is 1.53. The fourth-order valence-corrected chi connectivity index (χ4v) is 4.92. The molecule has 0 saturated carbocycles. The average Bonchev–Trinajstić information content (AvgIpc) is 3.21. The molecule has 0 fully saturated rings. The summed E-state index contributed by atoms with van der Waals surface area (Å²) in [6, 6.07) is 14.2. The van der Waals surface area contributed by atoms with E-state index in [9.17, 15) is 40.2 Å². The highest BCUT2D eigenvalue weighted by atomic mass is 16.5. The smallest absolute Gasteiger partial charge is 0.231 e. The van der Waals surface area contributed by atoms with E-state index in [1.54, 1.807) is 0 Å². The molecule has 10 nitrogen and oxygen atoms in total. The van der Waals surface area contributed by atoms with E-state index in [0.717, 1.165) is 0 Å². The van der Waals surface area contributed by atoms with Gasteiger partial charge < -0.3 is 40.1 Å². The molecule has 4 aromatic rings. The van der Waals surface area contributed by atoms with Crippen LogP contribution in [0.1, 0.15) is 49.4 Å². The van der Waals surface area contributed by atoms with Crippen molar-refractivity contribution in [2.24, 2.45) is 0 Å². The summed E-state index contributed by atoms with van der Waals surface area (Å²) in [5.41, 5.74) is 0.915. The minimum absolute atomic E-state index is 0.0753. The lowest BCUT2D eigenvalue weighted by atomic mass is 9.79. The van der Waals surface area contributed by atoms with Crippen LogP contribution >= 0.6 is 0 Å². The number of Topliss-reactive ketones (excluding diaryl/α,β-unsaturated/α-hetero) is 2. The topological polar surface area (TPSA) is 174 Å². The lowest BCUT2D eigenvalue weighted by molar-refractivity contribution is 0.0780. The second-order valence-electron chi connectivity index (χ2n) is 9.40. The summed E-state index contributed by atoms with van der Waals surface area (Å²) in [5.74, 6) is -4.29. The number of allylic oxidation sites excluding steroid dienone is 1. The standard InChI is InChI=1S/C30H20O10/c31-15-2-4-17-24(10-15)39-26(28(17)37)9-14-8-22(35)23(36)12-19(14)27-29(38)18-5-3-16(32)11-25(18)40-30(27)13-1-6-20(33)21(34)7-13/h1-12,27,30-36H/t27-,30+/m0/s1. The van der Waals surface area contributed by atoms with E-state index >= 15 is 0 Å². The van der Waals surface area contributed by atoms with Crippen molar-refractivity contribution in [3.63, 3.8) is 0 Å². The highest BCUT2D eigenvalue weighted by molar-refractivity contribution is 6.15. The number of phenols is 6.